The number of hydrogen-bond donors (Lipinski definition) is 1. The summed E-state index contributed by atoms with van der Waals surface area (Å²) >= 11 is 0. The molecule has 3 heteroatoms. The van der Waals surface area contributed by atoms with E-state index in [0.29, 0.717) is 35.3 Å². The lowest BCUT2D eigenvalue weighted by Crippen LogP contribution is -2.50. The van der Waals surface area contributed by atoms with Gasteiger partial charge in [0.25, 0.3) is 0 Å². The van der Waals surface area contributed by atoms with E-state index in [4.69, 9.17) is 4.43 Å². The largest absolute Gasteiger partial charge is 0.413 e. The fourth-order valence-electron chi connectivity index (χ4n) is 4.13. The number of hydrogen-bond acceptors (Lipinski definition) is 2. The molecule has 0 atom stereocenters. The molecule has 0 aromatic carbocycles. The maximum Gasteiger partial charge on any atom is 0.200 e. The summed E-state index contributed by atoms with van der Waals surface area (Å²) in [4.78, 5) is 0. The van der Waals surface area contributed by atoms with Crippen LogP contribution >= 0.6 is 0 Å². The van der Waals surface area contributed by atoms with E-state index in [-0.39, 0.29) is 0 Å². The smallest absolute Gasteiger partial charge is 0.200 e. The van der Waals surface area contributed by atoms with Crippen LogP contribution in [0.2, 0.25) is 16.6 Å². The molecule has 0 unspecified atom stereocenters. The van der Waals surface area contributed by atoms with Crippen molar-refractivity contribution in [3.8, 4) is 0 Å². The van der Waals surface area contributed by atoms with E-state index in [1.54, 1.807) is 0 Å². The first-order valence-corrected chi connectivity index (χ1v) is 10.3. The minimum Gasteiger partial charge on any atom is -0.413 e. The van der Waals surface area contributed by atoms with Crippen LogP contribution in [-0.4, -0.2) is 26.1 Å². The Labute approximate surface area is 121 Å². The molecule has 1 aliphatic carbocycles. The molecule has 0 amide bonds. The third-order valence-corrected chi connectivity index (χ3v) is 11.3. The predicted octanol–water partition coefficient (Wildman–Crippen LogP) is 4.73. The van der Waals surface area contributed by atoms with Crippen molar-refractivity contribution in [2.45, 2.75) is 90.0 Å². The zero-order chi connectivity index (χ0) is 14.6. The molecule has 1 fully saturated rings. The standard InChI is InChI=1S/C16H34O2Si/c1-12(2)19(13(3)4,14(5)6)18-16-9-7-15(11-17)8-10-16/h12-17H,7-11H2,1-6H3. The summed E-state index contributed by atoms with van der Waals surface area (Å²) in [5, 5.41) is 9.24. The van der Waals surface area contributed by atoms with E-state index in [1.807, 2.05) is 0 Å². The van der Waals surface area contributed by atoms with Crippen molar-refractivity contribution in [2.24, 2.45) is 5.92 Å². The Morgan fingerprint density at radius 2 is 1.32 bits per heavy atom. The summed E-state index contributed by atoms with van der Waals surface area (Å²) in [5.74, 6) is 0.521. The van der Waals surface area contributed by atoms with Gasteiger partial charge in [-0.25, -0.2) is 0 Å². The Balaban J connectivity index is 2.74. The van der Waals surface area contributed by atoms with Crippen LogP contribution in [0.1, 0.15) is 67.2 Å². The molecule has 1 saturated carbocycles. The summed E-state index contributed by atoms with van der Waals surface area (Å²) in [7, 11) is -1.71. The van der Waals surface area contributed by atoms with E-state index in [9.17, 15) is 5.11 Å². The Bertz CT molecular complexity index is 234. The SMILES string of the molecule is CC(C)[Si](OC1CCC(CO)CC1)(C(C)C)C(C)C. The maximum atomic E-state index is 9.24. The molecule has 0 aliphatic heterocycles. The van der Waals surface area contributed by atoms with Gasteiger partial charge in [-0.3, -0.25) is 0 Å². The second kappa shape index (κ2) is 7.23. The normalized spacial score (nSPS) is 25.6. The van der Waals surface area contributed by atoms with E-state index < -0.39 is 8.32 Å². The lowest BCUT2D eigenvalue weighted by atomic mass is 9.88. The maximum absolute atomic E-state index is 9.24. The van der Waals surface area contributed by atoms with Crippen LogP contribution in [-0.2, 0) is 4.43 Å². The molecule has 114 valence electrons. The molecule has 1 rings (SSSR count). The van der Waals surface area contributed by atoms with Gasteiger partial charge in [-0.1, -0.05) is 41.5 Å². The van der Waals surface area contributed by atoms with Crippen molar-refractivity contribution in [1.82, 2.24) is 0 Å². The molecular formula is C16H34O2Si. The van der Waals surface area contributed by atoms with Crippen molar-refractivity contribution < 1.29 is 9.53 Å². The Morgan fingerprint density at radius 3 is 1.63 bits per heavy atom. The number of rotatable bonds is 6. The first-order chi connectivity index (χ1) is 8.84. The second-order valence-electron chi connectivity index (χ2n) is 7.26. The first kappa shape index (κ1) is 17.2. The molecule has 1 N–H and O–H groups in total. The van der Waals surface area contributed by atoms with Crippen LogP contribution in [0.5, 0.6) is 0 Å². The van der Waals surface area contributed by atoms with Crippen molar-refractivity contribution in [3.63, 3.8) is 0 Å². The molecule has 0 spiro atoms. The van der Waals surface area contributed by atoms with Crippen molar-refractivity contribution >= 4 is 8.32 Å². The first-order valence-electron chi connectivity index (χ1n) is 8.13. The molecule has 2 nitrogen and oxygen atoms in total. The summed E-state index contributed by atoms with van der Waals surface area (Å²) in [6.07, 6.45) is 5.01. The van der Waals surface area contributed by atoms with Crippen molar-refractivity contribution in [3.05, 3.63) is 0 Å². The van der Waals surface area contributed by atoms with Crippen LogP contribution in [0, 0.1) is 5.92 Å². The number of aliphatic hydroxyl groups is 1. The molecule has 0 aromatic heterocycles. The van der Waals surface area contributed by atoms with Gasteiger partial charge in [-0.2, -0.15) is 0 Å². The fraction of sp³-hybridized carbons (Fsp3) is 1.00. The van der Waals surface area contributed by atoms with Gasteiger partial charge < -0.3 is 9.53 Å². The predicted molar refractivity (Wildman–Crippen MR) is 85.0 cm³/mol. The molecule has 0 aromatic rings. The fourth-order valence-corrected chi connectivity index (χ4v) is 9.76. The Hall–Kier alpha value is 0.137. The van der Waals surface area contributed by atoms with Crippen molar-refractivity contribution in [2.75, 3.05) is 6.61 Å². The van der Waals surface area contributed by atoms with Gasteiger partial charge in [-0.15, -0.1) is 0 Å². The van der Waals surface area contributed by atoms with Crippen LogP contribution < -0.4 is 0 Å². The van der Waals surface area contributed by atoms with Gasteiger partial charge in [-0.05, 0) is 48.2 Å². The molecule has 0 bridgehead atoms. The molecule has 1 aliphatic rings. The van der Waals surface area contributed by atoms with Gasteiger partial charge in [0.15, 0.2) is 0 Å². The minimum absolute atomic E-state index is 0.355. The van der Waals surface area contributed by atoms with Crippen LogP contribution in [0.4, 0.5) is 0 Å². The average molecular weight is 287 g/mol. The summed E-state index contributed by atoms with van der Waals surface area (Å²) < 4.78 is 6.81. The van der Waals surface area contributed by atoms with E-state index in [1.165, 1.54) is 0 Å². The molecular weight excluding hydrogens is 252 g/mol. The zero-order valence-corrected chi connectivity index (χ0v) is 14.8. The van der Waals surface area contributed by atoms with Gasteiger partial charge in [0.1, 0.15) is 0 Å². The van der Waals surface area contributed by atoms with E-state index in [2.05, 4.69) is 41.5 Å². The van der Waals surface area contributed by atoms with Crippen LogP contribution in [0.3, 0.4) is 0 Å². The quantitative estimate of drug-likeness (QED) is 0.715. The van der Waals surface area contributed by atoms with Gasteiger partial charge in [0, 0.05) is 12.7 Å². The molecule has 0 radical (unpaired) electrons. The van der Waals surface area contributed by atoms with E-state index >= 15 is 0 Å². The van der Waals surface area contributed by atoms with Gasteiger partial charge in [0.05, 0.1) is 0 Å². The minimum atomic E-state index is -1.71. The Morgan fingerprint density at radius 1 is 0.895 bits per heavy atom. The molecule has 0 saturated heterocycles. The van der Waals surface area contributed by atoms with Crippen LogP contribution in [0.15, 0.2) is 0 Å². The summed E-state index contributed by atoms with van der Waals surface area (Å²) in [6.45, 7) is 14.5. The van der Waals surface area contributed by atoms with Crippen LogP contribution in [0.25, 0.3) is 0 Å². The highest BCUT2D eigenvalue weighted by atomic mass is 28.4. The summed E-state index contributed by atoms with van der Waals surface area (Å²) in [6, 6.07) is 0. The number of aliphatic hydroxyl groups excluding tert-OH is 1. The average Bonchev–Trinajstić information content (AvgIpc) is 2.35. The lowest BCUT2D eigenvalue weighted by Gasteiger charge is -2.46. The topological polar surface area (TPSA) is 29.5 Å². The highest BCUT2D eigenvalue weighted by Crippen LogP contribution is 2.44. The third-order valence-electron chi connectivity index (χ3n) is 5.13. The monoisotopic (exact) mass is 286 g/mol. The Kier molecular flexibility index (Phi) is 6.54. The van der Waals surface area contributed by atoms with E-state index in [0.717, 1.165) is 25.7 Å². The second-order valence-corrected chi connectivity index (χ2v) is 12.7. The third kappa shape index (κ3) is 3.83. The summed E-state index contributed by atoms with van der Waals surface area (Å²) in [5.41, 5.74) is 2.01. The highest BCUT2D eigenvalue weighted by Gasteiger charge is 2.46. The highest BCUT2D eigenvalue weighted by molar-refractivity contribution is 6.77. The lowest BCUT2D eigenvalue weighted by molar-refractivity contribution is 0.0903. The zero-order valence-electron chi connectivity index (χ0n) is 13.8. The molecule has 0 heterocycles. The van der Waals surface area contributed by atoms with Gasteiger partial charge in [0.2, 0.25) is 8.32 Å². The van der Waals surface area contributed by atoms with Crippen molar-refractivity contribution in [1.29, 1.82) is 0 Å². The van der Waals surface area contributed by atoms with Gasteiger partial charge >= 0.3 is 0 Å². The molecule has 19 heavy (non-hydrogen) atoms.